The Labute approximate surface area is 124 Å². The van der Waals surface area contributed by atoms with Gasteiger partial charge < -0.3 is 10.1 Å². The van der Waals surface area contributed by atoms with Crippen LogP contribution >= 0.6 is 11.6 Å². The maximum atomic E-state index is 12.4. The Morgan fingerprint density at radius 2 is 2.24 bits per heavy atom. The third kappa shape index (κ3) is 4.23. The predicted molar refractivity (Wildman–Crippen MR) is 71.0 cm³/mol. The van der Waals surface area contributed by atoms with E-state index in [-0.39, 0.29) is 35.9 Å². The van der Waals surface area contributed by atoms with Gasteiger partial charge in [-0.2, -0.15) is 13.2 Å². The lowest BCUT2D eigenvalue weighted by Gasteiger charge is -2.11. The summed E-state index contributed by atoms with van der Waals surface area (Å²) in [7, 11) is 0. The molecular formula is C13H14ClF3N2O2. The van der Waals surface area contributed by atoms with Gasteiger partial charge in [-0.15, -0.1) is 0 Å². The second-order valence-electron chi connectivity index (χ2n) is 4.97. The molecule has 2 unspecified atom stereocenters. The number of anilines is 1. The first-order valence-corrected chi connectivity index (χ1v) is 6.80. The molecular weight excluding hydrogens is 309 g/mol. The van der Waals surface area contributed by atoms with Gasteiger partial charge in [-0.05, 0) is 18.4 Å². The van der Waals surface area contributed by atoms with Crippen LogP contribution in [0.15, 0.2) is 12.3 Å². The highest BCUT2D eigenvalue weighted by Gasteiger charge is 2.40. The zero-order valence-corrected chi connectivity index (χ0v) is 12.0. The third-order valence-corrected chi connectivity index (χ3v) is 3.51. The number of hydrogen-bond donors (Lipinski definition) is 1. The summed E-state index contributed by atoms with van der Waals surface area (Å²) >= 11 is 5.72. The number of esters is 1. The van der Waals surface area contributed by atoms with E-state index in [4.69, 9.17) is 16.3 Å². The molecule has 0 radical (unpaired) electrons. The number of nitrogens with zero attached hydrogens (tertiary/aromatic N) is 1. The van der Waals surface area contributed by atoms with Crippen LogP contribution in [0.2, 0.25) is 5.02 Å². The number of nitrogens with one attached hydrogen (secondary N) is 1. The van der Waals surface area contributed by atoms with Gasteiger partial charge >= 0.3 is 12.1 Å². The van der Waals surface area contributed by atoms with E-state index >= 15 is 0 Å². The summed E-state index contributed by atoms with van der Waals surface area (Å²) in [6, 6.07) is 0.800. The summed E-state index contributed by atoms with van der Waals surface area (Å²) in [6.07, 6.45) is -2.93. The fraction of sp³-hybridized carbons (Fsp3) is 0.538. The number of hydrogen-bond acceptors (Lipinski definition) is 4. The molecule has 0 spiro atoms. The van der Waals surface area contributed by atoms with E-state index in [0.717, 1.165) is 12.5 Å². The van der Waals surface area contributed by atoms with Crippen LogP contribution in [0.5, 0.6) is 0 Å². The Hall–Kier alpha value is -1.50. The first-order chi connectivity index (χ1) is 9.79. The van der Waals surface area contributed by atoms with Crippen LogP contribution in [0, 0.1) is 11.8 Å². The lowest BCUT2D eigenvalue weighted by molar-refractivity contribution is -0.145. The minimum Gasteiger partial charge on any atom is -0.464 e. The molecule has 0 amide bonds. The number of carbonyl (C=O) groups is 1. The van der Waals surface area contributed by atoms with Crippen molar-refractivity contribution in [3.63, 3.8) is 0 Å². The highest BCUT2D eigenvalue weighted by molar-refractivity contribution is 6.32. The molecule has 1 N–H and O–H groups in total. The number of aromatic nitrogens is 1. The molecule has 4 nitrogen and oxygen atoms in total. The second kappa shape index (κ2) is 6.09. The molecule has 1 aliphatic carbocycles. The maximum Gasteiger partial charge on any atom is 0.417 e. The van der Waals surface area contributed by atoms with E-state index in [0.29, 0.717) is 12.1 Å². The van der Waals surface area contributed by atoms with Crippen molar-refractivity contribution < 1.29 is 22.7 Å². The van der Waals surface area contributed by atoms with E-state index in [1.165, 1.54) is 0 Å². The van der Waals surface area contributed by atoms with Crippen molar-refractivity contribution in [1.82, 2.24) is 4.98 Å². The SMILES string of the molecule is CC1CC1C(=O)OCCNc1ncc(C(F)(F)F)cc1Cl. The highest BCUT2D eigenvalue weighted by atomic mass is 35.5. The van der Waals surface area contributed by atoms with Crippen LogP contribution in [0.1, 0.15) is 18.9 Å². The van der Waals surface area contributed by atoms with Gasteiger partial charge in [0, 0.05) is 6.20 Å². The smallest absolute Gasteiger partial charge is 0.417 e. The Balaban J connectivity index is 1.79. The summed E-state index contributed by atoms with van der Waals surface area (Å²) in [5.74, 6) is 0.241. The van der Waals surface area contributed by atoms with Crippen LogP contribution in [0.4, 0.5) is 19.0 Å². The molecule has 8 heteroatoms. The predicted octanol–water partition coefficient (Wildman–Crippen LogP) is 3.36. The van der Waals surface area contributed by atoms with Gasteiger partial charge in [0.05, 0.1) is 23.0 Å². The van der Waals surface area contributed by atoms with E-state index in [2.05, 4.69) is 10.3 Å². The van der Waals surface area contributed by atoms with Crippen molar-refractivity contribution in [3.8, 4) is 0 Å². The van der Waals surface area contributed by atoms with E-state index in [1.54, 1.807) is 0 Å². The summed E-state index contributed by atoms with van der Waals surface area (Å²) in [5.41, 5.74) is -0.910. The monoisotopic (exact) mass is 322 g/mol. The minimum atomic E-state index is -4.48. The minimum absolute atomic E-state index is 0.0159. The lowest BCUT2D eigenvalue weighted by Crippen LogP contribution is -2.16. The molecule has 1 saturated carbocycles. The van der Waals surface area contributed by atoms with Crippen LogP contribution in [-0.4, -0.2) is 24.1 Å². The molecule has 1 aromatic rings. The molecule has 0 saturated heterocycles. The molecule has 21 heavy (non-hydrogen) atoms. The molecule has 0 aliphatic heterocycles. The Morgan fingerprint density at radius 1 is 1.57 bits per heavy atom. The summed E-state index contributed by atoms with van der Waals surface area (Å²) in [6.45, 7) is 2.31. The van der Waals surface area contributed by atoms with Crippen molar-refractivity contribution >= 4 is 23.4 Å². The topological polar surface area (TPSA) is 51.2 Å². The molecule has 1 aliphatic rings. The van der Waals surface area contributed by atoms with E-state index in [9.17, 15) is 18.0 Å². The molecule has 116 valence electrons. The summed E-state index contributed by atoms with van der Waals surface area (Å²) in [4.78, 5) is 15.0. The first-order valence-electron chi connectivity index (χ1n) is 6.42. The number of carbonyl (C=O) groups excluding carboxylic acids is 1. The number of ether oxygens (including phenoxy) is 1. The third-order valence-electron chi connectivity index (χ3n) is 3.22. The molecule has 1 fully saturated rings. The van der Waals surface area contributed by atoms with Crippen LogP contribution in [0.25, 0.3) is 0 Å². The van der Waals surface area contributed by atoms with Gasteiger partial charge in [-0.1, -0.05) is 18.5 Å². The van der Waals surface area contributed by atoms with E-state index < -0.39 is 11.7 Å². The largest absolute Gasteiger partial charge is 0.464 e. The van der Waals surface area contributed by atoms with Crippen molar-refractivity contribution in [1.29, 1.82) is 0 Å². The number of rotatable bonds is 5. The van der Waals surface area contributed by atoms with Gasteiger partial charge in [0.2, 0.25) is 0 Å². The average molecular weight is 323 g/mol. The van der Waals surface area contributed by atoms with Gasteiger partial charge in [0.1, 0.15) is 12.4 Å². The summed E-state index contributed by atoms with van der Waals surface area (Å²) in [5, 5.41) is 2.60. The normalized spacial score (nSPS) is 21.0. The van der Waals surface area contributed by atoms with E-state index in [1.807, 2.05) is 6.92 Å². The van der Waals surface area contributed by atoms with Crippen molar-refractivity contribution in [2.75, 3.05) is 18.5 Å². The van der Waals surface area contributed by atoms with Crippen molar-refractivity contribution in [3.05, 3.63) is 22.8 Å². The molecule has 2 rings (SSSR count). The lowest BCUT2D eigenvalue weighted by atomic mass is 10.3. The fourth-order valence-electron chi connectivity index (χ4n) is 1.80. The quantitative estimate of drug-likeness (QED) is 0.667. The van der Waals surface area contributed by atoms with Gasteiger partial charge in [-0.3, -0.25) is 4.79 Å². The maximum absolute atomic E-state index is 12.4. The zero-order valence-electron chi connectivity index (χ0n) is 11.2. The average Bonchev–Trinajstić information content (AvgIpc) is 3.12. The molecule has 1 aromatic heterocycles. The molecule has 0 aromatic carbocycles. The van der Waals surface area contributed by atoms with Gasteiger partial charge in [-0.25, -0.2) is 4.98 Å². The van der Waals surface area contributed by atoms with Crippen LogP contribution in [0.3, 0.4) is 0 Å². The van der Waals surface area contributed by atoms with Crippen molar-refractivity contribution in [2.24, 2.45) is 11.8 Å². The molecule has 0 bridgehead atoms. The molecule has 2 atom stereocenters. The van der Waals surface area contributed by atoms with Crippen molar-refractivity contribution in [2.45, 2.75) is 19.5 Å². The number of alkyl halides is 3. The van der Waals surface area contributed by atoms with Crippen LogP contribution < -0.4 is 5.32 Å². The standard InChI is InChI=1S/C13H14ClF3N2O2/c1-7-4-9(7)12(20)21-3-2-18-11-10(14)5-8(6-19-11)13(15,16)17/h5-7,9H,2-4H2,1H3,(H,18,19). The van der Waals surface area contributed by atoms with Gasteiger partial charge in [0.15, 0.2) is 0 Å². The Morgan fingerprint density at radius 3 is 2.76 bits per heavy atom. The zero-order chi connectivity index (χ0) is 15.6. The Bertz CT molecular complexity index is 537. The Kier molecular flexibility index (Phi) is 4.61. The van der Waals surface area contributed by atoms with Gasteiger partial charge in [0.25, 0.3) is 0 Å². The van der Waals surface area contributed by atoms with Crippen LogP contribution in [-0.2, 0) is 15.7 Å². The summed E-state index contributed by atoms with van der Waals surface area (Å²) < 4.78 is 42.3. The molecule has 1 heterocycles. The first kappa shape index (κ1) is 15.9. The second-order valence-corrected chi connectivity index (χ2v) is 5.37. The highest BCUT2D eigenvalue weighted by Crippen LogP contribution is 2.38. The number of halogens is 4. The number of pyridine rings is 1. The fourth-order valence-corrected chi connectivity index (χ4v) is 2.03.